The largest absolute Gasteiger partial charge is 0.366 e. The van der Waals surface area contributed by atoms with Crippen LogP contribution in [0.3, 0.4) is 0 Å². The number of halogens is 1. The van der Waals surface area contributed by atoms with Crippen molar-refractivity contribution >= 4 is 21.2 Å². The van der Waals surface area contributed by atoms with E-state index >= 15 is 0 Å². The van der Waals surface area contributed by atoms with Crippen LogP contribution < -0.4 is 5.32 Å². The summed E-state index contributed by atoms with van der Waals surface area (Å²) in [5, 5.41) is 14.5. The Kier molecular flexibility index (Phi) is 5.14. The van der Waals surface area contributed by atoms with Gasteiger partial charge in [0.1, 0.15) is 23.4 Å². The van der Waals surface area contributed by atoms with E-state index in [1.807, 2.05) is 0 Å². The molecule has 1 aromatic heterocycles. The zero-order valence-corrected chi connectivity index (χ0v) is 15.9. The molecular formula is C18H17FN4O4S. The second-order valence-corrected chi connectivity index (χ2v) is 8.22. The van der Waals surface area contributed by atoms with Gasteiger partial charge < -0.3 is 9.88 Å². The summed E-state index contributed by atoms with van der Waals surface area (Å²) in [5.41, 5.74) is -0.134. The second-order valence-electron chi connectivity index (χ2n) is 6.20. The molecule has 1 atom stereocenters. The third kappa shape index (κ3) is 3.86. The predicted octanol–water partition coefficient (Wildman–Crippen LogP) is 3.07. The molecular weight excluding hydrogens is 387 g/mol. The van der Waals surface area contributed by atoms with Crippen molar-refractivity contribution in [3.63, 3.8) is 0 Å². The zero-order valence-electron chi connectivity index (χ0n) is 15.0. The van der Waals surface area contributed by atoms with Crippen molar-refractivity contribution in [1.29, 1.82) is 0 Å². The number of hydrogen-bond acceptors (Lipinski definition) is 6. The topological polar surface area (TPSA) is 107 Å². The van der Waals surface area contributed by atoms with Gasteiger partial charge in [0.25, 0.3) is 5.69 Å². The quantitative estimate of drug-likeness (QED) is 0.500. The highest BCUT2D eigenvalue weighted by atomic mass is 32.2. The van der Waals surface area contributed by atoms with E-state index in [9.17, 15) is 22.9 Å². The van der Waals surface area contributed by atoms with Crippen molar-refractivity contribution in [2.24, 2.45) is 7.05 Å². The lowest BCUT2D eigenvalue weighted by molar-refractivity contribution is -0.384. The lowest BCUT2D eigenvalue weighted by Crippen LogP contribution is -2.18. The minimum Gasteiger partial charge on any atom is -0.366 e. The molecule has 0 unspecified atom stereocenters. The summed E-state index contributed by atoms with van der Waals surface area (Å²) in [6.07, 6.45) is 4.17. The number of benzene rings is 2. The van der Waals surface area contributed by atoms with Crippen LogP contribution >= 0.6 is 0 Å². The summed E-state index contributed by atoms with van der Waals surface area (Å²) in [7, 11) is -1.90. The van der Waals surface area contributed by atoms with Crippen LogP contribution in [0.1, 0.15) is 17.4 Å². The fourth-order valence-electron chi connectivity index (χ4n) is 2.82. The second kappa shape index (κ2) is 7.39. The summed E-state index contributed by atoms with van der Waals surface area (Å²) < 4.78 is 39.6. The van der Waals surface area contributed by atoms with Crippen LogP contribution in [0.25, 0.3) is 0 Å². The number of anilines is 1. The minimum atomic E-state index is -3.62. The highest BCUT2D eigenvalue weighted by molar-refractivity contribution is 7.90. The van der Waals surface area contributed by atoms with E-state index < -0.39 is 32.3 Å². The number of nitrogens with zero attached hydrogens (tertiary/aromatic N) is 3. The standard InChI is InChI=1S/C18H17FN4O4S/c1-22-10-9-20-18(22)17(13-5-3-4-6-14(13)19)21-15-8-7-12(28(2,26)27)11-16(15)23(24)25/h3-11,17,21H,1-2H3/t17-/m1/s1. The Morgan fingerprint density at radius 3 is 2.54 bits per heavy atom. The highest BCUT2D eigenvalue weighted by Crippen LogP contribution is 2.33. The number of imidazole rings is 1. The smallest absolute Gasteiger partial charge is 0.293 e. The Balaban J connectivity index is 2.13. The summed E-state index contributed by atoms with van der Waals surface area (Å²) in [6.45, 7) is 0. The number of hydrogen-bond donors (Lipinski definition) is 1. The first-order valence-corrected chi connectivity index (χ1v) is 10.0. The summed E-state index contributed by atoms with van der Waals surface area (Å²) in [6, 6.07) is 8.74. The molecule has 8 nitrogen and oxygen atoms in total. The van der Waals surface area contributed by atoms with Gasteiger partial charge in [0.05, 0.1) is 9.82 Å². The number of nitro benzene ring substituents is 1. The molecule has 0 radical (unpaired) electrons. The monoisotopic (exact) mass is 404 g/mol. The lowest BCUT2D eigenvalue weighted by Gasteiger charge is -2.21. The number of aryl methyl sites for hydroxylation is 1. The van der Waals surface area contributed by atoms with Gasteiger partial charge in [0, 0.05) is 37.3 Å². The molecule has 28 heavy (non-hydrogen) atoms. The summed E-state index contributed by atoms with van der Waals surface area (Å²) >= 11 is 0. The average molecular weight is 404 g/mol. The molecule has 0 aliphatic carbocycles. The highest BCUT2D eigenvalue weighted by Gasteiger charge is 2.26. The van der Waals surface area contributed by atoms with Gasteiger partial charge in [-0.1, -0.05) is 18.2 Å². The minimum absolute atomic E-state index is 0.0497. The zero-order chi connectivity index (χ0) is 20.5. The molecule has 0 aliphatic heterocycles. The van der Waals surface area contributed by atoms with Crippen molar-refractivity contribution in [2.45, 2.75) is 10.9 Å². The molecule has 0 fully saturated rings. The molecule has 2 aromatic carbocycles. The molecule has 0 bridgehead atoms. The molecule has 0 saturated carbocycles. The first kappa shape index (κ1) is 19.5. The van der Waals surface area contributed by atoms with Gasteiger partial charge in [-0.15, -0.1) is 0 Å². The average Bonchev–Trinajstić information content (AvgIpc) is 3.05. The van der Waals surface area contributed by atoms with E-state index in [1.54, 1.807) is 29.9 Å². The predicted molar refractivity (Wildman–Crippen MR) is 101 cm³/mol. The molecule has 10 heteroatoms. The Bertz CT molecular complexity index is 1140. The molecule has 0 amide bonds. The Labute approximate surface area is 160 Å². The van der Waals surface area contributed by atoms with Gasteiger partial charge in [0.15, 0.2) is 9.84 Å². The Hall–Kier alpha value is -3.27. The van der Waals surface area contributed by atoms with Crippen molar-refractivity contribution in [3.8, 4) is 0 Å². The van der Waals surface area contributed by atoms with Gasteiger partial charge in [-0.05, 0) is 18.2 Å². The van der Waals surface area contributed by atoms with E-state index in [0.717, 1.165) is 12.3 Å². The summed E-state index contributed by atoms with van der Waals surface area (Å²) in [5.74, 6) is -0.0648. The number of aromatic nitrogens is 2. The van der Waals surface area contributed by atoms with E-state index in [1.165, 1.54) is 30.5 Å². The molecule has 3 rings (SSSR count). The number of sulfone groups is 1. The molecule has 1 N–H and O–H groups in total. The Morgan fingerprint density at radius 1 is 1.25 bits per heavy atom. The van der Waals surface area contributed by atoms with Crippen LogP contribution in [0.2, 0.25) is 0 Å². The van der Waals surface area contributed by atoms with Crippen LogP contribution in [-0.4, -0.2) is 29.1 Å². The molecule has 0 saturated heterocycles. The van der Waals surface area contributed by atoms with E-state index in [2.05, 4.69) is 10.3 Å². The van der Waals surface area contributed by atoms with Gasteiger partial charge in [-0.2, -0.15) is 0 Å². The van der Waals surface area contributed by atoms with Crippen molar-refractivity contribution < 1.29 is 17.7 Å². The van der Waals surface area contributed by atoms with Crippen molar-refractivity contribution in [3.05, 3.63) is 82.2 Å². The SMILES string of the molecule is Cn1ccnc1[C@H](Nc1ccc(S(C)(=O)=O)cc1[N+](=O)[O-])c1ccccc1F. The lowest BCUT2D eigenvalue weighted by atomic mass is 10.0. The van der Waals surface area contributed by atoms with Crippen molar-refractivity contribution in [2.75, 3.05) is 11.6 Å². The van der Waals surface area contributed by atoms with E-state index in [4.69, 9.17) is 0 Å². The Morgan fingerprint density at radius 2 is 1.96 bits per heavy atom. The van der Waals surface area contributed by atoms with Crippen LogP contribution in [-0.2, 0) is 16.9 Å². The van der Waals surface area contributed by atoms with Gasteiger partial charge in [-0.3, -0.25) is 10.1 Å². The van der Waals surface area contributed by atoms with Gasteiger partial charge >= 0.3 is 0 Å². The number of nitro groups is 1. The third-order valence-electron chi connectivity index (χ3n) is 4.23. The molecule has 3 aromatic rings. The number of rotatable bonds is 6. The van der Waals surface area contributed by atoms with E-state index in [0.29, 0.717) is 5.82 Å². The van der Waals surface area contributed by atoms with Crippen LogP contribution in [0, 0.1) is 15.9 Å². The third-order valence-corrected chi connectivity index (χ3v) is 5.34. The maximum atomic E-state index is 14.5. The molecule has 146 valence electrons. The van der Waals surface area contributed by atoms with Crippen molar-refractivity contribution in [1.82, 2.24) is 9.55 Å². The van der Waals surface area contributed by atoms with Gasteiger partial charge in [-0.25, -0.2) is 17.8 Å². The summed E-state index contributed by atoms with van der Waals surface area (Å²) in [4.78, 5) is 14.9. The maximum Gasteiger partial charge on any atom is 0.293 e. The first-order valence-electron chi connectivity index (χ1n) is 8.15. The fourth-order valence-corrected chi connectivity index (χ4v) is 3.46. The normalized spacial score (nSPS) is 12.5. The number of nitrogens with one attached hydrogen (secondary N) is 1. The van der Waals surface area contributed by atoms with Crippen LogP contribution in [0.15, 0.2) is 59.8 Å². The first-order chi connectivity index (χ1) is 13.2. The fraction of sp³-hybridized carbons (Fsp3) is 0.167. The molecule has 0 aliphatic rings. The molecule has 0 spiro atoms. The van der Waals surface area contributed by atoms with Gasteiger partial charge in [0.2, 0.25) is 0 Å². The molecule has 1 heterocycles. The van der Waals surface area contributed by atoms with E-state index in [-0.39, 0.29) is 16.1 Å². The van der Waals surface area contributed by atoms with Crippen LogP contribution in [0.4, 0.5) is 15.8 Å². The maximum absolute atomic E-state index is 14.5. The van der Waals surface area contributed by atoms with Crippen LogP contribution in [0.5, 0.6) is 0 Å².